The summed E-state index contributed by atoms with van der Waals surface area (Å²) in [6.07, 6.45) is 1.42. The molecule has 18 heavy (non-hydrogen) atoms. The number of anilines is 1. The average Bonchev–Trinajstić information content (AvgIpc) is 2.92. The van der Waals surface area contributed by atoms with Gasteiger partial charge in [0.15, 0.2) is 11.6 Å². The lowest BCUT2D eigenvalue weighted by molar-refractivity contribution is 0.0996. The predicted octanol–water partition coefficient (Wildman–Crippen LogP) is 1.63. The van der Waals surface area contributed by atoms with E-state index in [0.29, 0.717) is 11.3 Å². The van der Waals surface area contributed by atoms with E-state index < -0.39 is 0 Å². The van der Waals surface area contributed by atoms with Crippen molar-refractivity contribution in [1.82, 2.24) is 0 Å². The van der Waals surface area contributed by atoms with Gasteiger partial charge in [-0.25, -0.2) is 0 Å². The largest absolute Gasteiger partial charge is 0.459 e. The van der Waals surface area contributed by atoms with Crippen LogP contribution in [-0.2, 0) is 0 Å². The smallest absolute Gasteiger partial charge is 0.291 e. The van der Waals surface area contributed by atoms with E-state index >= 15 is 0 Å². The number of nitrogens with zero attached hydrogens (tertiary/aromatic N) is 1. The molecule has 6 nitrogen and oxygen atoms in total. The maximum absolute atomic E-state index is 11.7. The van der Waals surface area contributed by atoms with Crippen LogP contribution >= 0.6 is 0 Å². The monoisotopic (exact) mass is 245 g/mol. The van der Waals surface area contributed by atoms with Gasteiger partial charge in [-0.05, 0) is 24.3 Å². The molecule has 1 aromatic carbocycles. The Morgan fingerprint density at radius 3 is 2.83 bits per heavy atom. The molecule has 0 spiro atoms. The van der Waals surface area contributed by atoms with Gasteiger partial charge < -0.3 is 20.7 Å². The molecule has 0 bridgehead atoms. The quantitative estimate of drug-likeness (QED) is 0.331. The van der Waals surface area contributed by atoms with E-state index in [1.54, 1.807) is 36.4 Å². The molecule has 1 heterocycles. The van der Waals surface area contributed by atoms with Gasteiger partial charge in [0.25, 0.3) is 5.91 Å². The zero-order chi connectivity index (χ0) is 13.0. The van der Waals surface area contributed by atoms with Crippen molar-refractivity contribution in [2.24, 2.45) is 10.9 Å². The Morgan fingerprint density at radius 1 is 1.33 bits per heavy atom. The van der Waals surface area contributed by atoms with Gasteiger partial charge in [-0.15, -0.1) is 0 Å². The van der Waals surface area contributed by atoms with Gasteiger partial charge in [0.1, 0.15) is 0 Å². The van der Waals surface area contributed by atoms with Gasteiger partial charge in [-0.1, -0.05) is 17.3 Å². The van der Waals surface area contributed by atoms with Gasteiger partial charge in [-0.2, -0.15) is 0 Å². The second-order valence-electron chi connectivity index (χ2n) is 3.50. The Morgan fingerprint density at radius 2 is 2.17 bits per heavy atom. The van der Waals surface area contributed by atoms with E-state index in [-0.39, 0.29) is 17.5 Å². The Bertz CT molecular complexity index is 576. The SMILES string of the molecule is N/C(=N/O)c1cccc(NC(=O)c2ccco2)c1. The van der Waals surface area contributed by atoms with E-state index in [0.717, 1.165) is 0 Å². The molecule has 0 radical (unpaired) electrons. The zero-order valence-electron chi connectivity index (χ0n) is 9.33. The number of nitrogens with two attached hydrogens (primary N) is 1. The van der Waals surface area contributed by atoms with Gasteiger partial charge >= 0.3 is 0 Å². The van der Waals surface area contributed by atoms with E-state index in [1.807, 2.05) is 0 Å². The third-order valence-electron chi connectivity index (χ3n) is 2.27. The van der Waals surface area contributed by atoms with E-state index in [9.17, 15) is 4.79 Å². The molecule has 1 aromatic heterocycles. The summed E-state index contributed by atoms with van der Waals surface area (Å²) in [5, 5.41) is 14.1. The summed E-state index contributed by atoms with van der Waals surface area (Å²) >= 11 is 0. The predicted molar refractivity (Wildman–Crippen MR) is 65.6 cm³/mol. The van der Waals surface area contributed by atoms with Crippen molar-refractivity contribution in [3.05, 3.63) is 54.0 Å². The minimum atomic E-state index is -0.364. The fourth-order valence-electron chi connectivity index (χ4n) is 1.41. The minimum absolute atomic E-state index is 0.0240. The summed E-state index contributed by atoms with van der Waals surface area (Å²) in [7, 11) is 0. The molecular formula is C12H11N3O3. The Kier molecular flexibility index (Phi) is 3.29. The second kappa shape index (κ2) is 5.05. The highest BCUT2D eigenvalue weighted by atomic mass is 16.4. The zero-order valence-corrected chi connectivity index (χ0v) is 9.33. The summed E-state index contributed by atoms with van der Waals surface area (Å²) < 4.78 is 4.97. The van der Waals surface area contributed by atoms with Crippen LogP contribution in [0.2, 0.25) is 0 Å². The number of amides is 1. The number of furan rings is 1. The number of oxime groups is 1. The lowest BCUT2D eigenvalue weighted by Crippen LogP contribution is -2.15. The van der Waals surface area contributed by atoms with Crippen molar-refractivity contribution in [3.63, 3.8) is 0 Å². The fourth-order valence-corrected chi connectivity index (χ4v) is 1.41. The molecule has 0 saturated carbocycles. The standard InChI is InChI=1S/C12H11N3O3/c13-11(15-17)8-3-1-4-9(7-8)14-12(16)10-5-2-6-18-10/h1-7,17H,(H2,13,15)(H,14,16). The van der Waals surface area contributed by atoms with E-state index in [4.69, 9.17) is 15.4 Å². The molecule has 2 rings (SSSR count). The van der Waals surface area contributed by atoms with Gasteiger partial charge in [-0.3, -0.25) is 4.79 Å². The molecule has 0 saturated heterocycles. The molecule has 0 fully saturated rings. The van der Waals surface area contributed by atoms with Crippen LogP contribution in [0.5, 0.6) is 0 Å². The molecule has 0 atom stereocenters. The van der Waals surface area contributed by atoms with Crippen molar-refractivity contribution in [1.29, 1.82) is 0 Å². The molecule has 4 N–H and O–H groups in total. The number of nitrogens with one attached hydrogen (secondary N) is 1. The number of hydrogen-bond donors (Lipinski definition) is 3. The lowest BCUT2D eigenvalue weighted by Gasteiger charge is -2.05. The van der Waals surface area contributed by atoms with Crippen LogP contribution in [0.15, 0.2) is 52.2 Å². The number of amidine groups is 1. The highest BCUT2D eigenvalue weighted by molar-refractivity contribution is 6.03. The van der Waals surface area contributed by atoms with Crippen LogP contribution in [0.1, 0.15) is 16.1 Å². The average molecular weight is 245 g/mol. The van der Waals surface area contributed by atoms with Gasteiger partial charge in [0.05, 0.1) is 6.26 Å². The lowest BCUT2D eigenvalue weighted by atomic mass is 10.2. The van der Waals surface area contributed by atoms with Crippen LogP contribution in [0.3, 0.4) is 0 Å². The third kappa shape index (κ3) is 2.49. The minimum Gasteiger partial charge on any atom is -0.459 e. The maximum atomic E-state index is 11.7. The fraction of sp³-hybridized carbons (Fsp3) is 0. The third-order valence-corrected chi connectivity index (χ3v) is 2.27. The van der Waals surface area contributed by atoms with E-state index in [1.165, 1.54) is 6.26 Å². The maximum Gasteiger partial charge on any atom is 0.291 e. The van der Waals surface area contributed by atoms with Crippen LogP contribution in [0.25, 0.3) is 0 Å². The molecular weight excluding hydrogens is 234 g/mol. The van der Waals surface area contributed by atoms with Crippen LogP contribution < -0.4 is 11.1 Å². The summed E-state index contributed by atoms with van der Waals surface area (Å²) in [6, 6.07) is 9.82. The summed E-state index contributed by atoms with van der Waals surface area (Å²) in [5.74, 6) is -0.176. The first-order chi connectivity index (χ1) is 8.70. The highest BCUT2D eigenvalue weighted by Gasteiger charge is 2.09. The highest BCUT2D eigenvalue weighted by Crippen LogP contribution is 2.12. The van der Waals surface area contributed by atoms with Crippen LogP contribution in [0.4, 0.5) is 5.69 Å². The second-order valence-corrected chi connectivity index (χ2v) is 3.50. The first kappa shape index (κ1) is 11.7. The molecule has 0 aliphatic heterocycles. The normalized spacial score (nSPS) is 11.2. The molecule has 6 heteroatoms. The van der Waals surface area contributed by atoms with Crippen LogP contribution in [-0.4, -0.2) is 17.0 Å². The first-order valence-corrected chi connectivity index (χ1v) is 5.13. The van der Waals surface area contributed by atoms with Crippen molar-refractivity contribution >= 4 is 17.4 Å². The molecule has 1 amide bonds. The van der Waals surface area contributed by atoms with Crippen LogP contribution in [0, 0.1) is 0 Å². The molecule has 0 aliphatic carbocycles. The molecule has 92 valence electrons. The van der Waals surface area contributed by atoms with Crippen molar-refractivity contribution < 1.29 is 14.4 Å². The van der Waals surface area contributed by atoms with Crippen molar-refractivity contribution in [2.75, 3.05) is 5.32 Å². The summed E-state index contributed by atoms with van der Waals surface area (Å²) in [4.78, 5) is 11.7. The van der Waals surface area contributed by atoms with Crippen molar-refractivity contribution in [3.8, 4) is 0 Å². The Labute approximate surface area is 103 Å². The first-order valence-electron chi connectivity index (χ1n) is 5.13. The molecule has 0 aliphatic rings. The van der Waals surface area contributed by atoms with E-state index in [2.05, 4.69) is 10.5 Å². The van der Waals surface area contributed by atoms with Gasteiger partial charge in [0.2, 0.25) is 0 Å². The number of benzene rings is 1. The number of rotatable bonds is 3. The van der Waals surface area contributed by atoms with Gasteiger partial charge in [0, 0.05) is 11.3 Å². The molecule has 0 unspecified atom stereocenters. The van der Waals surface area contributed by atoms with Crippen molar-refractivity contribution in [2.45, 2.75) is 0 Å². The Hall–Kier alpha value is -2.76. The molecule has 2 aromatic rings. The topological polar surface area (TPSA) is 101 Å². The summed E-state index contributed by atoms with van der Waals surface area (Å²) in [6.45, 7) is 0. The number of carbonyl (C=O) groups is 1. The number of hydrogen-bond acceptors (Lipinski definition) is 4. The Balaban J connectivity index is 2.17. The summed E-state index contributed by atoms with van der Waals surface area (Å²) in [5.41, 5.74) is 6.49. The number of carbonyl (C=O) groups excluding carboxylic acids is 1.